The predicted octanol–water partition coefficient (Wildman–Crippen LogP) is 4.47. The highest BCUT2D eigenvalue weighted by Gasteiger charge is 2.34. The van der Waals surface area contributed by atoms with Crippen molar-refractivity contribution in [2.24, 2.45) is 5.92 Å². The lowest BCUT2D eigenvalue weighted by Gasteiger charge is -2.28. The summed E-state index contributed by atoms with van der Waals surface area (Å²) in [7, 11) is 1.95. The number of hydrogen-bond acceptors (Lipinski definition) is 3. The Morgan fingerprint density at radius 1 is 1.33 bits per heavy atom. The van der Waals surface area contributed by atoms with Crippen LogP contribution in [0.2, 0.25) is 10.0 Å². The molecule has 1 aromatic carbocycles. The van der Waals surface area contributed by atoms with Crippen LogP contribution in [0.3, 0.4) is 0 Å². The molecule has 1 heterocycles. The van der Waals surface area contributed by atoms with Gasteiger partial charge < -0.3 is 14.8 Å². The second kappa shape index (κ2) is 7.68. The molecule has 3 nitrogen and oxygen atoms in total. The van der Waals surface area contributed by atoms with E-state index >= 15 is 0 Å². The normalized spacial score (nSPS) is 23.3. The van der Waals surface area contributed by atoms with Crippen LogP contribution >= 0.6 is 23.2 Å². The molecule has 0 bridgehead atoms. The van der Waals surface area contributed by atoms with Gasteiger partial charge in [-0.1, -0.05) is 30.1 Å². The van der Waals surface area contributed by atoms with Crippen LogP contribution in [0.15, 0.2) is 12.1 Å². The van der Waals surface area contributed by atoms with Gasteiger partial charge in [0, 0.05) is 29.7 Å². The molecule has 0 aliphatic carbocycles. The van der Waals surface area contributed by atoms with Gasteiger partial charge in [-0.15, -0.1) is 0 Å². The smallest absolute Gasteiger partial charge is 0.139 e. The van der Waals surface area contributed by atoms with Crippen molar-refractivity contribution < 1.29 is 9.47 Å². The summed E-state index contributed by atoms with van der Waals surface area (Å²) in [4.78, 5) is 0. The molecule has 2 rings (SSSR count). The molecule has 0 saturated carbocycles. The molecule has 0 radical (unpaired) electrons. The van der Waals surface area contributed by atoms with Crippen LogP contribution in [0.25, 0.3) is 0 Å². The monoisotopic (exact) mass is 331 g/mol. The quantitative estimate of drug-likeness (QED) is 0.834. The van der Waals surface area contributed by atoms with Crippen LogP contribution in [-0.4, -0.2) is 26.4 Å². The van der Waals surface area contributed by atoms with E-state index in [1.54, 1.807) is 0 Å². The Balaban J connectivity index is 2.31. The summed E-state index contributed by atoms with van der Waals surface area (Å²) in [5.74, 6) is 1.05. The Labute approximate surface area is 136 Å². The number of ether oxygens (including phenoxy) is 2. The van der Waals surface area contributed by atoms with E-state index in [9.17, 15) is 0 Å². The zero-order valence-electron chi connectivity index (χ0n) is 12.8. The third-order valence-corrected chi connectivity index (χ3v) is 4.71. The minimum atomic E-state index is 0.137. The molecule has 0 aromatic heterocycles. The SMILES string of the molecule is CCOc1cc(Cl)c(C(NC)C2CCOC2CC)cc1Cl. The fraction of sp³-hybridized carbons (Fsp3) is 0.625. The van der Waals surface area contributed by atoms with Gasteiger partial charge in [0.2, 0.25) is 0 Å². The molecule has 1 aliphatic heterocycles. The van der Waals surface area contributed by atoms with Crippen molar-refractivity contribution in [3.63, 3.8) is 0 Å². The molecule has 0 amide bonds. The minimum absolute atomic E-state index is 0.137. The van der Waals surface area contributed by atoms with E-state index in [4.69, 9.17) is 32.7 Å². The van der Waals surface area contributed by atoms with Gasteiger partial charge in [-0.2, -0.15) is 0 Å². The highest BCUT2D eigenvalue weighted by atomic mass is 35.5. The molecular formula is C16H23Cl2NO2. The second-order valence-electron chi connectivity index (χ2n) is 5.27. The summed E-state index contributed by atoms with van der Waals surface area (Å²) in [5, 5.41) is 4.66. The van der Waals surface area contributed by atoms with Gasteiger partial charge in [0.15, 0.2) is 0 Å². The topological polar surface area (TPSA) is 30.5 Å². The van der Waals surface area contributed by atoms with Crippen molar-refractivity contribution in [2.45, 2.75) is 38.8 Å². The molecule has 1 fully saturated rings. The maximum absolute atomic E-state index is 6.46. The maximum Gasteiger partial charge on any atom is 0.139 e. The Kier molecular flexibility index (Phi) is 6.18. The van der Waals surface area contributed by atoms with E-state index in [-0.39, 0.29) is 12.1 Å². The van der Waals surface area contributed by atoms with Crippen LogP contribution < -0.4 is 10.1 Å². The molecule has 5 heteroatoms. The van der Waals surface area contributed by atoms with Crippen molar-refractivity contribution in [2.75, 3.05) is 20.3 Å². The second-order valence-corrected chi connectivity index (χ2v) is 6.09. The zero-order chi connectivity index (χ0) is 15.4. The molecule has 1 saturated heterocycles. The van der Waals surface area contributed by atoms with E-state index in [0.717, 1.165) is 25.0 Å². The number of nitrogens with one attached hydrogen (secondary N) is 1. The van der Waals surface area contributed by atoms with Crippen molar-refractivity contribution >= 4 is 23.2 Å². The summed E-state index contributed by atoms with van der Waals surface area (Å²) in [6.45, 7) is 5.46. The Bertz CT molecular complexity index is 482. The molecule has 3 unspecified atom stereocenters. The van der Waals surface area contributed by atoms with Gasteiger partial charge >= 0.3 is 0 Å². The lowest BCUT2D eigenvalue weighted by molar-refractivity contribution is 0.0782. The molecule has 118 valence electrons. The minimum Gasteiger partial charge on any atom is -0.492 e. The summed E-state index contributed by atoms with van der Waals surface area (Å²) in [6.07, 6.45) is 2.31. The lowest BCUT2D eigenvalue weighted by atomic mass is 9.86. The van der Waals surface area contributed by atoms with Gasteiger partial charge in [0.05, 0.1) is 17.7 Å². The van der Waals surface area contributed by atoms with Gasteiger partial charge in [0.25, 0.3) is 0 Å². The molecule has 0 spiro atoms. The first-order chi connectivity index (χ1) is 10.1. The van der Waals surface area contributed by atoms with Crippen molar-refractivity contribution in [3.05, 3.63) is 27.7 Å². The molecule has 3 atom stereocenters. The predicted molar refractivity (Wildman–Crippen MR) is 87.6 cm³/mol. The van der Waals surface area contributed by atoms with Gasteiger partial charge in [-0.25, -0.2) is 0 Å². The van der Waals surface area contributed by atoms with Crippen LogP contribution in [0.5, 0.6) is 5.75 Å². The van der Waals surface area contributed by atoms with E-state index < -0.39 is 0 Å². The molecule has 1 aromatic rings. The molecule has 1 N–H and O–H groups in total. The number of rotatable bonds is 6. The summed E-state index contributed by atoms with van der Waals surface area (Å²) in [5.41, 5.74) is 1.02. The number of hydrogen-bond donors (Lipinski definition) is 1. The fourth-order valence-corrected chi connectivity index (χ4v) is 3.61. The van der Waals surface area contributed by atoms with Crippen LogP contribution in [0.1, 0.15) is 38.3 Å². The standard InChI is InChI=1S/C16H23Cl2NO2/c1-4-14-10(6-7-21-14)16(19-3)11-8-13(18)15(20-5-2)9-12(11)17/h8-10,14,16,19H,4-7H2,1-3H3. The molecule has 21 heavy (non-hydrogen) atoms. The third-order valence-electron chi connectivity index (χ3n) is 4.09. The first-order valence-corrected chi connectivity index (χ1v) is 8.28. The van der Waals surface area contributed by atoms with Crippen LogP contribution in [0.4, 0.5) is 0 Å². The highest BCUT2D eigenvalue weighted by Crippen LogP contribution is 2.40. The summed E-state index contributed by atoms with van der Waals surface area (Å²) in [6, 6.07) is 3.86. The average Bonchev–Trinajstić information content (AvgIpc) is 2.93. The Hall–Kier alpha value is -0.480. The van der Waals surface area contributed by atoms with Crippen molar-refractivity contribution in [3.8, 4) is 5.75 Å². The van der Waals surface area contributed by atoms with Crippen molar-refractivity contribution in [1.29, 1.82) is 0 Å². The first kappa shape index (κ1) is 16.9. The lowest BCUT2D eigenvalue weighted by Crippen LogP contribution is -2.30. The molecule has 1 aliphatic rings. The van der Waals surface area contributed by atoms with E-state index in [0.29, 0.717) is 28.3 Å². The van der Waals surface area contributed by atoms with Crippen molar-refractivity contribution in [1.82, 2.24) is 5.32 Å². The maximum atomic E-state index is 6.46. The highest BCUT2D eigenvalue weighted by molar-refractivity contribution is 6.34. The summed E-state index contributed by atoms with van der Waals surface area (Å²) >= 11 is 12.8. The Morgan fingerprint density at radius 2 is 2.10 bits per heavy atom. The zero-order valence-corrected chi connectivity index (χ0v) is 14.3. The number of halogens is 2. The van der Waals surface area contributed by atoms with Gasteiger partial charge in [0.1, 0.15) is 5.75 Å². The average molecular weight is 332 g/mol. The molecular weight excluding hydrogens is 309 g/mol. The Morgan fingerprint density at radius 3 is 2.71 bits per heavy atom. The number of benzene rings is 1. The van der Waals surface area contributed by atoms with Crippen LogP contribution in [0, 0.1) is 5.92 Å². The first-order valence-electron chi connectivity index (χ1n) is 7.52. The van der Waals surface area contributed by atoms with E-state index in [1.807, 2.05) is 26.1 Å². The van der Waals surface area contributed by atoms with Gasteiger partial charge in [-0.05, 0) is 38.4 Å². The van der Waals surface area contributed by atoms with Crippen LogP contribution in [-0.2, 0) is 4.74 Å². The summed E-state index contributed by atoms with van der Waals surface area (Å²) < 4.78 is 11.3. The largest absolute Gasteiger partial charge is 0.492 e. The third kappa shape index (κ3) is 3.65. The van der Waals surface area contributed by atoms with E-state index in [1.165, 1.54) is 0 Å². The van der Waals surface area contributed by atoms with E-state index in [2.05, 4.69) is 12.2 Å². The fourth-order valence-electron chi connectivity index (χ4n) is 3.12. The van der Waals surface area contributed by atoms with Gasteiger partial charge in [-0.3, -0.25) is 0 Å².